The fourth-order valence-corrected chi connectivity index (χ4v) is 1.37. The highest BCUT2D eigenvalue weighted by atomic mass is 32.1. The zero-order valence-electron chi connectivity index (χ0n) is 9.00. The highest BCUT2D eigenvalue weighted by molar-refractivity contribution is 7.80. The molecule has 0 bridgehead atoms. The van der Waals surface area contributed by atoms with E-state index in [0.717, 1.165) is 0 Å². The predicted molar refractivity (Wildman–Crippen MR) is 64.3 cm³/mol. The Morgan fingerprint density at radius 1 is 1.06 bits per heavy atom. The molecule has 0 aliphatic carbocycles. The van der Waals surface area contributed by atoms with Crippen molar-refractivity contribution in [1.29, 1.82) is 0 Å². The van der Waals surface area contributed by atoms with Crippen LogP contribution in [0, 0.1) is 0 Å². The molecule has 7 heteroatoms. The number of nitrogens with two attached hydrogens (primary N) is 3. The predicted octanol–water partition coefficient (Wildman–Crippen LogP) is -1.28. The molecule has 0 spiro atoms. The Balaban J connectivity index is 3.85. The first kappa shape index (κ1) is 15.4. The van der Waals surface area contributed by atoms with Crippen molar-refractivity contribution in [1.82, 2.24) is 0 Å². The summed E-state index contributed by atoms with van der Waals surface area (Å²) in [5.74, 6) is -1.05. The van der Waals surface area contributed by atoms with Crippen LogP contribution in [-0.2, 0) is 9.59 Å². The molecule has 0 saturated carbocycles. The number of aliphatic carboxylic acids is 1. The Labute approximate surface area is 100.0 Å². The minimum atomic E-state index is -1.05. The van der Waals surface area contributed by atoms with Crippen LogP contribution in [0.25, 0.3) is 0 Å². The Bertz CT molecular complexity index is 250. The van der Waals surface area contributed by atoms with E-state index in [1.807, 2.05) is 0 Å². The third kappa shape index (κ3) is 5.45. The van der Waals surface area contributed by atoms with Gasteiger partial charge in [0, 0.05) is 5.75 Å². The van der Waals surface area contributed by atoms with Gasteiger partial charge in [0.25, 0.3) is 0 Å². The molecule has 6 nitrogen and oxygen atoms in total. The lowest BCUT2D eigenvalue weighted by Gasteiger charge is -2.14. The molecule has 0 saturated heterocycles. The van der Waals surface area contributed by atoms with E-state index in [-0.39, 0.29) is 11.5 Å². The lowest BCUT2D eigenvalue weighted by Crippen LogP contribution is -2.44. The quantitative estimate of drug-likeness (QED) is 0.340. The number of carboxylic acid groups (broad SMARTS) is 1. The number of carboxylic acids is 1. The topological polar surface area (TPSA) is 132 Å². The molecule has 0 heterocycles. The average Bonchev–Trinajstić information content (AvgIpc) is 2.26. The molecule has 0 aliphatic rings. The molecule has 3 atom stereocenters. The normalized spacial score (nSPS) is 16.5. The van der Waals surface area contributed by atoms with Crippen LogP contribution in [0.4, 0.5) is 0 Å². The first-order valence-electron chi connectivity index (χ1n) is 5.04. The summed E-state index contributed by atoms with van der Waals surface area (Å²) in [6, 6.07) is -2.23. The molecule has 0 aromatic rings. The molecule has 0 aromatic carbocycles. The zero-order valence-corrected chi connectivity index (χ0v) is 9.90. The van der Waals surface area contributed by atoms with Crippen molar-refractivity contribution in [3.05, 3.63) is 0 Å². The summed E-state index contributed by atoms with van der Waals surface area (Å²) < 4.78 is 0. The first-order valence-corrected chi connectivity index (χ1v) is 5.67. The fourth-order valence-electron chi connectivity index (χ4n) is 1.19. The minimum Gasteiger partial charge on any atom is -0.480 e. The van der Waals surface area contributed by atoms with Gasteiger partial charge in [0.15, 0.2) is 5.78 Å². The molecule has 0 fully saturated rings. The molecule has 0 aliphatic heterocycles. The van der Waals surface area contributed by atoms with Gasteiger partial charge in [0.05, 0.1) is 12.1 Å². The number of rotatable bonds is 8. The Kier molecular flexibility index (Phi) is 7.31. The third-order valence-electron chi connectivity index (χ3n) is 2.28. The summed E-state index contributed by atoms with van der Waals surface area (Å²) in [5.41, 5.74) is 16.4. The molecular weight excluding hydrogens is 230 g/mol. The smallest absolute Gasteiger partial charge is 0.320 e. The van der Waals surface area contributed by atoms with E-state index in [1.165, 1.54) is 0 Å². The van der Waals surface area contributed by atoms with Gasteiger partial charge in [-0.25, -0.2) is 0 Å². The summed E-state index contributed by atoms with van der Waals surface area (Å²) in [4.78, 5) is 21.8. The maximum absolute atomic E-state index is 11.4. The van der Waals surface area contributed by atoms with Crippen LogP contribution in [0.3, 0.4) is 0 Å². The molecule has 0 rings (SSSR count). The lowest BCUT2D eigenvalue weighted by molar-refractivity contribution is -0.138. The zero-order chi connectivity index (χ0) is 12.7. The van der Waals surface area contributed by atoms with Crippen molar-refractivity contribution < 1.29 is 14.7 Å². The molecule has 0 aromatic heterocycles. The van der Waals surface area contributed by atoms with E-state index >= 15 is 0 Å². The summed E-state index contributed by atoms with van der Waals surface area (Å²) in [6.07, 6.45) is 1.17. The Morgan fingerprint density at radius 3 is 2.00 bits per heavy atom. The SMILES string of the molecule is NC(CCC[C@H](N)C(=O)O)C(=O)[C@@H](N)CS. The van der Waals surface area contributed by atoms with Crippen LogP contribution < -0.4 is 17.2 Å². The maximum Gasteiger partial charge on any atom is 0.320 e. The van der Waals surface area contributed by atoms with E-state index in [9.17, 15) is 9.59 Å². The van der Waals surface area contributed by atoms with Crippen LogP contribution in [0.1, 0.15) is 19.3 Å². The molecule has 16 heavy (non-hydrogen) atoms. The van der Waals surface area contributed by atoms with Gasteiger partial charge in [-0.15, -0.1) is 0 Å². The number of hydrogen-bond acceptors (Lipinski definition) is 6. The number of carbonyl (C=O) groups excluding carboxylic acids is 1. The van der Waals surface area contributed by atoms with Crippen LogP contribution in [0.2, 0.25) is 0 Å². The second kappa shape index (κ2) is 7.61. The van der Waals surface area contributed by atoms with Gasteiger partial charge in [-0.3, -0.25) is 9.59 Å². The van der Waals surface area contributed by atoms with Crippen molar-refractivity contribution in [3.8, 4) is 0 Å². The number of carbonyl (C=O) groups is 2. The molecule has 1 unspecified atom stereocenters. The first-order chi connectivity index (χ1) is 7.40. The van der Waals surface area contributed by atoms with Crippen LogP contribution >= 0.6 is 12.6 Å². The van der Waals surface area contributed by atoms with Crippen molar-refractivity contribution in [2.75, 3.05) is 5.75 Å². The molecule has 0 radical (unpaired) electrons. The van der Waals surface area contributed by atoms with Gasteiger partial charge in [-0.2, -0.15) is 12.6 Å². The van der Waals surface area contributed by atoms with Crippen LogP contribution in [0.15, 0.2) is 0 Å². The maximum atomic E-state index is 11.4. The second-order valence-electron chi connectivity index (χ2n) is 3.67. The number of ketones is 1. The van der Waals surface area contributed by atoms with Crippen molar-refractivity contribution in [2.45, 2.75) is 37.4 Å². The average molecular weight is 249 g/mol. The van der Waals surface area contributed by atoms with Crippen molar-refractivity contribution in [2.24, 2.45) is 17.2 Å². The monoisotopic (exact) mass is 249 g/mol. The number of Topliss-reactive ketones (excluding diaryl/α,β-unsaturated/α-hetero) is 1. The summed E-state index contributed by atoms with van der Waals surface area (Å²) in [5, 5.41) is 8.53. The van der Waals surface area contributed by atoms with Gasteiger partial charge in [0.1, 0.15) is 6.04 Å². The molecule has 7 N–H and O–H groups in total. The van der Waals surface area contributed by atoms with Gasteiger partial charge in [0.2, 0.25) is 0 Å². The number of hydrogen-bond donors (Lipinski definition) is 5. The van der Waals surface area contributed by atoms with E-state index < -0.39 is 24.1 Å². The molecule has 94 valence electrons. The van der Waals surface area contributed by atoms with Crippen molar-refractivity contribution in [3.63, 3.8) is 0 Å². The largest absolute Gasteiger partial charge is 0.480 e. The Morgan fingerprint density at radius 2 is 1.56 bits per heavy atom. The van der Waals surface area contributed by atoms with Gasteiger partial charge in [-0.05, 0) is 19.3 Å². The van der Waals surface area contributed by atoms with E-state index in [2.05, 4.69) is 12.6 Å². The van der Waals surface area contributed by atoms with Crippen molar-refractivity contribution >= 4 is 24.4 Å². The van der Waals surface area contributed by atoms with Gasteiger partial charge >= 0.3 is 5.97 Å². The summed E-state index contributed by atoms with van der Waals surface area (Å²) >= 11 is 3.90. The lowest BCUT2D eigenvalue weighted by atomic mass is 10.0. The number of thiol groups is 1. The van der Waals surface area contributed by atoms with Gasteiger partial charge < -0.3 is 22.3 Å². The molecule has 0 amide bonds. The van der Waals surface area contributed by atoms with Gasteiger partial charge in [-0.1, -0.05) is 0 Å². The van der Waals surface area contributed by atoms with Crippen LogP contribution in [0.5, 0.6) is 0 Å². The minimum absolute atomic E-state index is 0.251. The van der Waals surface area contributed by atoms with Crippen LogP contribution in [-0.4, -0.2) is 40.7 Å². The standard InChI is InChI=1S/C9H19N3O3S/c10-5(8(13)7(12)4-16)2-1-3-6(11)9(14)15/h5-7,16H,1-4,10-12H2,(H,14,15)/t5?,6-,7-/m0/s1. The van der Waals surface area contributed by atoms with E-state index in [1.54, 1.807) is 0 Å². The highest BCUT2D eigenvalue weighted by Gasteiger charge is 2.20. The summed E-state index contributed by atoms with van der Waals surface area (Å²) in [7, 11) is 0. The second-order valence-corrected chi connectivity index (χ2v) is 4.04. The van der Waals surface area contributed by atoms with E-state index in [4.69, 9.17) is 22.3 Å². The third-order valence-corrected chi connectivity index (χ3v) is 2.67. The fraction of sp³-hybridized carbons (Fsp3) is 0.778. The summed E-state index contributed by atoms with van der Waals surface area (Å²) in [6.45, 7) is 0. The highest BCUT2D eigenvalue weighted by Crippen LogP contribution is 2.04. The van der Waals surface area contributed by atoms with E-state index in [0.29, 0.717) is 19.3 Å². The molecular formula is C9H19N3O3S. The Hall–Kier alpha value is -0.630.